The molecule has 2 aromatic rings. The van der Waals surface area contributed by atoms with Gasteiger partial charge in [-0.3, -0.25) is 0 Å². The molecule has 2 rings (SSSR count). The van der Waals surface area contributed by atoms with Crippen molar-refractivity contribution in [1.29, 1.82) is 0 Å². The molecule has 25 heavy (non-hydrogen) atoms. The molecule has 0 unspecified atom stereocenters. The summed E-state index contributed by atoms with van der Waals surface area (Å²) in [6.07, 6.45) is -4.79. The van der Waals surface area contributed by atoms with E-state index in [1.165, 1.54) is 12.1 Å². The second-order valence-electron chi connectivity index (χ2n) is 5.63. The molecule has 0 saturated heterocycles. The molecular weight excluding hydrogens is 355 g/mol. The lowest BCUT2D eigenvalue weighted by Crippen LogP contribution is -2.18. The molecule has 2 aromatic carbocycles. The fourth-order valence-corrected chi connectivity index (χ4v) is 2.26. The molecule has 0 aliphatic heterocycles. The van der Waals surface area contributed by atoms with E-state index in [2.05, 4.69) is 18.6 Å². The highest BCUT2D eigenvalue weighted by Gasteiger charge is 2.32. The van der Waals surface area contributed by atoms with Crippen LogP contribution in [0.3, 0.4) is 0 Å². The molecule has 0 aromatic heterocycles. The maximum absolute atomic E-state index is 12.6. The molecule has 0 amide bonds. The molecule has 0 saturated carbocycles. The van der Waals surface area contributed by atoms with Crippen molar-refractivity contribution in [2.45, 2.75) is 26.1 Å². The lowest BCUT2D eigenvalue weighted by Gasteiger charge is -2.16. The Balaban J connectivity index is 0.00000312. The van der Waals surface area contributed by atoms with Crippen LogP contribution in [-0.4, -0.2) is 19.5 Å². The SMILES string of the molecule is CC(C)c1cccc(-c2ccc(OCCN)c(OC(F)(F)F)c2)c1.Cl. The fourth-order valence-electron chi connectivity index (χ4n) is 2.26. The number of halogens is 4. The summed E-state index contributed by atoms with van der Waals surface area (Å²) < 4.78 is 47.3. The zero-order valence-corrected chi connectivity index (χ0v) is 14.8. The maximum Gasteiger partial charge on any atom is 0.573 e. The van der Waals surface area contributed by atoms with E-state index in [0.717, 1.165) is 11.1 Å². The Kier molecular flexibility index (Phi) is 7.58. The van der Waals surface area contributed by atoms with Crippen molar-refractivity contribution < 1.29 is 22.6 Å². The van der Waals surface area contributed by atoms with Gasteiger partial charge >= 0.3 is 6.36 Å². The summed E-state index contributed by atoms with van der Waals surface area (Å²) in [5.41, 5.74) is 7.88. The lowest BCUT2D eigenvalue weighted by atomic mass is 9.97. The van der Waals surface area contributed by atoms with Gasteiger partial charge in [-0.05, 0) is 34.7 Å². The van der Waals surface area contributed by atoms with E-state index in [1.807, 2.05) is 24.3 Å². The zero-order chi connectivity index (χ0) is 17.7. The van der Waals surface area contributed by atoms with E-state index in [4.69, 9.17) is 10.5 Å². The Labute approximate surface area is 151 Å². The average molecular weight is 376 g/mol. The Morgan fingerprint density at radius 2 is 1.68 bits per heavy atom. The van der Waals surface area contributed by atoms with Gasteiger partial charge < -0.3 is 15.2 Å². The van der Waals surface area contributed by atoms with Gasteiger partial charge in [-0.2, -0.15) is 0 Å². The standard InChI is InChI=1S/C18H20F3NO2.ClH/c1-12(2)13-4-3-5-14(10-13)15-6-7-16(23-9-8-22)17(11-15)24-18(19,20)21;/h3-7,10-12H,8-9,22H2,1-2H3;1H. The predicted molar refractivity (Wildman–Crippen MR) is 94.4 cm³/mol. The number of rotatable bonds is 6. The minimum Gasteiger partial charge on any atom is -0.488 e. The summed E-state index contributed by atoms with van der Waals surface area (Å²) in [6, 6.07) is 12.2. The minimum absolute atomic E-state index is 0. The minimum atomic E-state index is -4.79. The van der Waals surface area contributed by atoms with Crippen LogP contribution in [0, 0.1) is 0 Å². The summed E-state index contributed by atoms with van der Waals surface area (Å²) in [7, 11) is 0. The van der Waals surface area contributed by atoms with Gasteiger partial charge in [-0.1, -0.05) is 44.2 Å². The first-order valence-corrected chi connectivity index (χ1v) is 7.63. The van der Waals surface area contributed by atoms with Gasteiger partial charge in [0.1, 0.15) is 6.61 Å². The van der Waals surface area contributed by atoms with Crippen molar-refractivity contribution in [3.63, 3.8) is 0 Å². The second kappa shape index (κ2) is 8.97. The van der Waals surface area contributed by atoms with Crippen molar-refractivity contribution in [2.75, 3.05) is 13.2 Å². The number of hydrogen-bond acceptors (Lipinski definition) is 3. The smallest absolute Gasteiger partial charge is 0.488 e. The number of hydrogen-bond donors (Lipinski definition) is 1. The van der Waals surface area contributed by atoms with Crippen LogP contribution < -0.4 is 15.2 Å². The van der Waals surface area contributed by atoms with Crippen LogP contribution in [0.25, 0.3) is 11.1 Å². The number of ether oxygens (including phenoxy) is 2. The third-order valence-electron chi connectivity index (χ3n) is 3.43. The highest BCUT2D eigenvalue weighted by molar-refractivity contribution is 5.85. The molecule has 0 spiro atoms. The average Bonchev–Trinajstić information content (AvgIpc) is 2.52. The molecule has 3 nitrogen and oxygen atoms in total. The highest BCUT2D eigenvalue weighted by Crippen LogP contribution is 2.36. The van der Waals surface area contributed by atoms with Crippen molar-refractivity contribution in [2.24, 2.45) is 5.73 Å². The monoisotopic (exact) mass is 375 g/mol. The highest BCUT2D eigenvalue weighted by atomic mass is 35.5. The molecule has 0 aliphatic rings. The molecule has 0 bridgehead atoms. The van der Waals surface area contributed by atoms with E-state index in [0.29, 0.717) is 11.5 Å². The Morgan fingerprint density at radius 1 is 1.00 bits per heavy atom. The van der Waals surface area contributed by atoms with Crippen LogP contribution in [0.15, 0.2) is 42.5 Å². The largest absolute Gasteiger partial charge is 0.573 e. The van der Waals surface area contributed by atoms with Crippen LogP contribution in [-0.2, 0) is 0 Å². The first-order chi connectivity index (χ1) is 11.3. The van der Waals surface area contributed by atoms with Crippen LogP contribution in [0.1, 0.15) is 25.3 Å². The Hall–Kier alpha value is -1.92. The number of nitrogens with two attached hydrogens (primary N) is 1. The van der Waals surface area contributed by atoms with Gasteiger partial charge in [0, 0.05) is 6.54 Å². The van der Waals surface area contributed by atoms with E-state index in [1.54, 1.807) is 6.07 Å². The van der Waals surface area contributed by atoms with Gasteiger partial charge in [0.25, 0.3) is 0 Å². The van der Waals surface area contributed by atoms with Crippen molar-refractivity contribution in [1.82, 2.24) is 0 Å². The van der Waals surface area contributed by atoms with E-state index in [-0.39, 0.29) is 37.1 Å². The summed E-state index contributed by atoms with van der Waals surface area (Å²) in [5.74, 6) is -0.0343. The summed E-state index contributed by atoms with van der Waals surface area (Å²) in [5, 5.41) is 0. The molecule has 0 radical (unpaired) electrons. The Bertz CT molecular complexity index is 690. The maximum atomic E-state index is 12.6. The molecule has 0 aliphatic carbocycles. The lowest BCUT2D eigenvalue weighted by molar-refractivity contribution is -0.275. The van der Waals surface area contributed by atoms with Crippen molar-refractivity contribution in [3.8, 4) is 22.6 Å². The van der Waals surface area contributed by atoms with Crippen molar-refractivity contribution in [3.05, 3.63) is 48.0 Å². The second-order valence-corrected chi connectivity index (χ2v) is 5.63. The van der Waals surface area contributed by atoms with E-state index in [9.17, 15) is 13.2 Å². The summed E-state index contributed by atoms with van der Waals surface area (Å²) in [4.78, 5) is 0. The van der Waals surface area contributed by atoms with Crippen LogP contribution in [0.2, 0.25) is 0 Å². The van der Waals surface area contributed by atoms with Gasteiger partial charge in [-0.15, -0.1) is 25.6 Å². The molecule has 7 heteroatoms. The van der Waals surface area contributed by atoms with E-state index >= 15 is 0 Å². The summed E-state index contributed by atoms with van der Waals surface area (Å²) >= 11 is 0. The van der Waals surface area contributed by atoms with Crippen LogP contribution in [0.4, 0.5) is 13.2 Å². The van der Waals surface area contributed by atoms with Gasteiger partial charge in [0.15, 0.2) is 11.5 Å². The molecule has 0 atom stereocenters. The normalized spacial score (nSPS) is 11.2. The number of benzene rings is 2. The fraction of sp³-hybridized carbons (Fsp3) is 0.333. The topological polar surface area (TPSA) is 44.5 Å². The molecule has 0 fully saturated rings. The predicted octanol–water partition coefficient (Wildman–Crippen LogP) is 5.13. The quantitative estimate of drug-likeness (QED) is 0.760. The van der Waals surface area contributed by atoms with E-state index < -0.39 is 6.36 Å². The Morgan fingerprint density at radius 3 is 2.28 bits per heavy atom. The molecule has 138 valence electrons. The van der Waals surface area contributed by atoms with Gasteiger partial charge in [0.2, 0.25) is 0 Å². The van der Waals surface area contributed by atoms with Crippen LogP contribution in [0.5, 0.6) is 11.5 Å². The van der Waals surface area contributed by atoms with Gasteiger partial charge in [0.05, 0.1) is 0 Å². The first-order valence-electron chi connectivity index (χ1n) is 7.63. The molecular formula is C18H21ClF3NO2. The summed E-state index contributed by atoms with van der Waals surface area (Å²) in [6.45, 7) is 4.42. The third-order valence-corrected chi connectivity index (χ3v) is 3.43. The molecule has 0 heterocycles. The zero-order valence-electron chi connectivity index (χ0n) is 14.0. The third kappa shape index (κ3) is 6.14. The first kappa shape index (κ1) is 21.1. The number of alkyl halides is 3. The van der Waals surface area contributed by atoms with Crippen LogP contribution >= 0.6 is 12.4 Å². The van der Waals surface area contributed by atoms with Crippen molar-refractivity contribution >= 4 is 12.4 Å². The van der Waals surface area contributed by atoms with Gasteiger partial charge in [-0.25, -0.2) is 0 Å². The molecule has 2 N–H and O–H groups in total.